The zero-order chi connectivity index (χ0) is 24.8. The predicted octanol–water partition coefficient (Wildman–Crippen LogP) is 4.17. The number of carbonyl (C=O) groups is 1. The van der Waals surface area contributed by atoms with Crippen molar-refractivity contribution >= 4 is 17.6 Å². The number of hydrogen-bond acceptors (Lipinski definition) is 3. The molecule has 0 saturated heterocycles. The number of Topliss-reactive ketones (excluding diaryl/α,β-unsaturated/α-hetero) is 1. The molecule has 2 N–H and O–H groups in total. The van der Waals surface area contributed by atoms with Gasteiger partial charge in [0.15, 0.2) is 0 Å². The summed E-state index contributed by atoms with van der Waals surface area (Å²) in [7, 11) is 0. The Morgan fingerprint density at radius 3 is 2.19 bits per heavy atom. The van der Waals surface area contributed by atoms with E-state index in [9.17, 15) is 13.6 Å². The smallest absolute Gasteiger partial charge is 0.422 e. The molecule has 1 unspecified atom stereocenters. The summed E-state index contributed by atoms with van der Waals surface area (Å²) >= 11 is 0. The van der Waals surface area contributed by atoms with Gasteiger partial charge in [0, 0.05) is 18.5 Å². The number of H-pyrrole nitrogens is 1. The molecule has 4 nitrogen and oxygen atoms in total. The molecular formula is C25H37F2KN3O-. The van der Waals surface area contributed by atoms with E-state index in [1.807, 2.05) is 39.8 Å². The number of rotatable bonds is 9. The minimum Gasteiger partial charge on any atom is -0.422 e. The molecule has 0 amide bonds. The first-order valence-electron chi connectivity index (χ1n) is 10.1. The van der Waals surface area contributed by atoms with Crippen LogP contribution in [0.15, 0.2) is 29.9 Å². The summed E-state index contributed by atoms with van der Waals surface area (Å²) in [6.45, 7) is 16.3. The Labute approximate surface area is 236 Å². The summed E-state index contributed by atoms with van der Waals surface area (Å²) in [5.41, 5.74) is 3.78. The van der Waals surface area contributed by atoms with Crippen LogP contribution >= 0.6 is 0 Å². The minimum atomic E-state index is -1.58. The second-order valence-corrected chi connectivity index (χ2v) is 6.36. The summed E-state index contributed by atoms with van der Waals surface area (Å²) < 4.78 is 20.5. The van der Waals surface area contributed by atoms with Gasteiger partial charge in [-0.25, -0.2) is 5.57 Å². The Hall–Kier alpha value is -1.17. The fourth-order valence-electron chi connectivity index (χ4n) is 2.35. The first kappa shape index (κ1) is 38.1. The molecule has 1 atom stereocenters. The van der Waals surface area contributed by atoms with E-state index in [0.29, 0.717) is 18.4 Å². The number of aromatic amines is 1. The van der Waals surface area contributed by atoms with E-state index < -0.39 is 6.43 Å². The number of nitrogens with zero attached hydrogens (tertiary/aromatic N) is 1. The predicted molar refractivity (Wildman–Crippen MR) is 128 cm³/mol. The van der Waals surface area contributed by atoms with Crippen molar-refractivity contribution in [2.24, 2.45) is 5.92 Å². The van der Waals surface area contributed by atoms with Crippen LogP contribution in [0.3, 0.4) is 0 Å². The van der Waals surface area contributed by atoms with Gasteiger partial charge in [-0.1, -0.05) is 38.5 Å². The third-order valence-electron chi connectivity index (χ3n) is 3.80. The first-order valence-corrected chi connectivity index (χ1v) is 10.1. The largest absolute Gasteiger partial charge is 1.00 e. The molecule has 0 radical (unpaired) electrons. The molecule has 1 heterocycles. The maximum absolute atomic E-state index is 11.2. The molecule has 7 heteroatoms. The molecule has 32 heavy (non-hydrogen) atoms. The van der Waals surface area contributed by atoms with Crippen LogP contribution in [-0.4, -0.2) is 22.2 Å². The number of terminal acetylenes is 1. The van der Waals surface area contributed by atoms with Gasteiger partial charge in [-0.3, -0.25) is 16.5 Å². The molecule has 0 aliphatic heterocycles. The van der Waals surface area contributed by atoms with Gasteiger partial charge in [-0.2, -0.15) is 5.10 Å². The summed E-state index contributed by atoms with van der Waals surface area (Å²) in [6.07, 6.45) is 16.6. The van der Waals surface area contributed by atoms with Gasteiger partial charge < -0.3 is 14.2 Å². The van der Waals surface area contributed by atoms with Crippen molar-refractivity contribution in [3.05, 3.63) is 54.3 Å². The number of nitrogens with one attached hydrogen (secondary N) is 2. The normalized spacial score (nSPS) is 10.9. The van der Waals surface area contributed by atoms with E-state index in [0.717, 1.165) is 42.9 Å². The monoisotopic (exact) mass is 472 g/mol. The molecule has 0 aliphatic carbocycles. The van der Waals surface area contributed by atoms with E-state index in [4.69, 9.17) is 12.0 Å². The van der Waals surface area contributed by atoms with Crippen LogP contribution in [0.5, 0.6) is 0 Å². The van der Waals surface area contributed by atoms with Crippen LogP contribution < -0.4 is 51.4 Å². The van der Waals surface area contributed by atoms with Crippen LogP contribution in [0, 0.1) is 44.1 Å². The van der Waals surface area contributed by atoms with E-state index in [2.05, 4.69) is 42.1 Å². The van der Waals surface area contributed by atoms with Crippen LogP contribution in [0.25, 0.3) is 5.57 Å². The summed E-state index contributed by atoms with van der Waals surface area (Å²) in [4.78, 5) is 11.2. The zero-order valence-corrected chi connectivity index (χ0v) is 23.8. The average molecular weight is 473 g/mol. The number of aromatic nitrogens is 2. The number of aryl methyl sites for hydroxylation is 1. The van der Waals surface area contributed by atoms with Gasteiger partial charge in [0.1, 0.15) is 5.78 Å². The second-order valence-electron chi connectivity index (χ2n) is 6.36. The third kappa shape index (κ3) is 22.0. The molecule has 0 saturated carbocycles. The van der Waals surface area contributed by atoms with Crippen molar-refractivity contribution in [3.63, 3.8) is 0 Å². The molecular weight excluding hydrogens is 435 g/mol. The number of allylic oxidation sites excluding steroid dienone is 5. The summed E-state index contributed by atoms with van der Waals surface area (Å²) in [5, 5.41) is 14.1. The molecule has 0 bridgehead atoms. The molecule has 0 aromatic carbocycles. The Kier molecular flexibility index (Phi) is 31.1. The maximum Gasteiger partial charge on any atom is 1.00 e. The molecule has 1 aromatic rings. The standard InChI is InChI=1S/C11H18NO.C10H14N2.C2H3F2.C2H2.K/c1-4-6-10(9(3)8-12)7-11(13)5-2;1-4-6-9(5-2)10-7-8(3)11-12-10;1-2(3)4;1-2;/h3,8,10,12H,4-7H2,1-2H3;4-7H,1-3H3,(H,11,12);1H3;1-2H;/q-1;;-1;;+1/b;6-4-,9-5+;;;. The van der Waals surface area contributed by atoms with Crippen LogP contribution in [0.4, 0.5) is 8.78 Å². The molecule has 0 spiro atoms. The fourth-order valence-corrected chi connectivity index (χ4v) is 2.35. The average Bonchev–Trinajstić information content (AvgIpc) is 3.18. The van der Waals surface area contributed by atoms with Crippen LogP contribution in [0.1, 0.15) is 71.7 Å². The van der Waals surface area contributed by atoms with Gasteiger partial charge >= 0.3 is 51.4 Å². The number of carbonyl (C=O) groups excluding carboxylic acids is 1. The quantitative estimate of drug-likeness (QED) is 0.186. The van der Waals surface area contributed by atoms with Crippen molar-refractivity contribution in [2.75, 3.05) is 0 Å². The van der Waals surface area contributed by atoms with Gasteiger partial charge in [-0.15, -0.1) is 26.0 Å². The first-order chi connectivity index (χ1) is 14.7. The Morgan fingerprint density at radius 1 is 1.34 bits per heavy atom. The summed E-state index contributed by atoms with van der Waals surface area (Å²) in [6, 6.07) is 2.04. The van der Waals surface area contributed by atoms with Crippen molar-refractivity contribution in [1.82, 2.24) is 10.2 Å². The van der Waals surface area contributed by atoms with Crippen molar-refractivity contribution < 1.29 is 65.0 Å². The van der Waals surface area contributed by atoms with Crippen molar-refractivity contribution in [3.8, 4) is 12.8 Å². The number of halogens is 2. The molecule has 0 aliphatic rings. The van der Waals surface area contributed by atoms with E-state index >= 15 is 0 Å². The molecule has 0 fully saturated rings. The Bertz CT molecular complexity index is 704. The van der Waals surface area contributed by atoms with E-state index in [-0.39, 0.29) is 63.1 Å². The SMILES string of the molecule is C#C.C/C=C\C(=C/C)c1cc(C)[nH]n1.C[C-](F)F.[CH-]=C(C=N)C(CCC)CC(=O)CC.[K+]. The van der Waals surface area contributed by atoms with Gasteiger partial charge in [-0.05, 0) is 51.2 Å². The van der Waals surface area contributed by atoms with E-state index in [1.165, 1.54) is 0 Å². The Balaban J connectivity index is -0.000000192. The van der Waals surface area contributed by atoms with E-state index in [1.54, 1.807) is 0 Å². The maximum atomic E-state index is 11.2. The zero-order valence-electron chi connectivity index (χ0n) is 20.6. The fraction of sp³-hybridized carbons (Fsp3) is 0.440. The molecule has 174 valence electrons. The third-order valence-corrected chi connectivity index (χ3v) is 3.80. The van der Waals surface area contributed by atoms with Gasteiger partial charge in [0.25, 0.3) is 0 Å². The number of ketones is 1. The summed E-state index contributed by atoms with van der Waals surface area (Å²) in [5.74, 6) is 0.304. The second kappa shape index (κ2) is 26.1. The van der Waals surface area contributed by atoms with Gasteiger partial charge in [0.05, 0.1) is 5.69 Å². The molecule has 1 rings (SSSR count). The Morgan fingerprint density at radius 2 is 1.88 bits per heavy atom. The minimum absolute atomic E-state index is 0. The van der Waals surface area contributed by atoms with Crippen molar-refractivity contribution in [2.45, 2.75) is 67.2 Å². The molecule has 1 aromatic heterocycles. The van der Waals surface area contributed by atoms with Crippen LogP contribution in [0.2, 0.25) is 0 Å². The van der Waals surface area contributed by atoms with Gasteiger partial charge in [0.2, 0.25) is 0 Å². The van der Waals surface area contributed by atoms with Crippen LogP contribution in [-0.2, 0) is 4.79 Å². The number of hydrogen-bond donors (Lipinski definition) is 2. The topological polar surface area (TPSA) is 69.6 Å². The van der Waals surface area contributed by atoms with Crippen molar-refractivity contribution in [1.29, 1.82) is 5.41 Å².